The first-order valence-corrected chi connectivity index (χ1v) is 14.3. The normalized spacial score (nSPS) is 17.1. The Hall–Kier alpha value is -3.48. The zero-order valence-corrected chi connectivity index (χ0v) is 22.1. The lowest BCUT2D eigenvalue weighted by atomic mass is 10.2. The first kappa shape index (κ1) is 24.8. The molecule has 2 aliphatic heterocycles. The molecule has 1 amide bonds. The van der Waals surface area contributed by atoms with E-state index in [2.05, 4.69) is 25.1 Å². The Kier molecular flexibility index (Phi) is 6.33. The topological polar surface area (TPSA) is 124 Å². The minimum Gasteiger partial charge on any atom is -0.369 e. The third-order valence-corrected chi connectivity index (χ3v) is 9.18. The fraction of sp³-hybridized carbons (Fsp3) is 0.360. The standard InChI is InChI=1S/C25H26ClN7O4S/c26-17-3-6-19(7-4-17)38(36,37)25-23-27-24(35)20-8-5-18(15-21(20)33(23)29-28-25)31-13-11-30(12-14-31)16-22(34)32-9-1-2-10-32/h3-8,15,29H,1-2,9-14,16H2. The summed E-state index contributed by atoms with van der Waals surface area (Å²) >= 11 is 5.91. The largest absolute Gasteiger partial charge is 0.369 e. The van der Waals surface area contributed by atoms with Gasteiger partial charge in [-0.15, -0.1) is 5.10 Å². The first-order chi connectivity index (χ1) is 18.3. The lowest BCUT2D eigenvalue weighted by Crippen LogP contribution is -2.49. The summed E-state index contributed by atoms with van der Waals surface area (Å²) in [5.74, 6) is 0.194. The summed E-state index contributed by atoms with van der Waals surface area (Å²) in [4.78, 5) is 35.7. The summed E-state index contributed by atoms with van der Waals surface area (Å²) in [6.07, 6.45) is 2.16. The second-order valence-electron chi connectivity index (χ2n) is 9.60. The van der Waals surface area contributed by atoms with Crippen LogP contribution in [0.15, 0.2) is 57.2 Å². The van der Waals surface area contributed by atoms with Crippen molar-refractivity contribution in [3.05, 3.63) is 57.8 Å². The summed E-state index contributed by atoms with van der Waals surface area (Å²) < 4.78 is 27.9. The number of carbonyl (C=O) groups excluding carboxylic acids is 1. The van der Waals surface area contributed by atoms with E-state index in [9.17, 15) is 18.0 Å². The predicted octanol–water partition coefficient (Wildman–Crippen LogP) is 1.80. The fourth-order valence-corrected chi connectivity index (χ4v) is 6.50. The Bertz CT molecular complexity index is 1690. The van der Waals surface area contributed by atoms with Gasteiger partial charge in [-0.05, 0) is 55.3 Å². The molecule has 1 N–H and O–H groups in total. The molecule has 0 aliphatic carbocycles. The van der Waals surface area contributed by atoms with E-state index in [0.29, 0.717) is 22.5 Å². The van der Waals surface area contributed by atoms with Crippen molar-refractivity contribution >= 4 is 49.6 Å². The first-order valence-electron chi connectivity index (χ1n) is 12.5. The van der Waals surface area contributed by atoms with Gasteiger partial charge in [0.2, 0.25) is 20.8 Å². The molecule has 198 valence electrons. The zero-order valence-electron chi connectivity index (χ0n) is 20.5. The number of anilines is 1. The Balaban J connectivity index is 1.28. The highest BCUT2D eigenvalue weighted by Gasteiger charge is 2.27. The summed E-state index contributed by atoms with van der Waals surface area (Å²) in [5.41, 5.74) is 0.763. The molecule has 2 saturated heterocycles. The van der Waals surface area contributed by atoms with Gasteiger partial charge >= 0.3 is 0 Å². The maximum atomic E-state index is 13.3. The van der Waals surface area contributed by atoms with Crippen LogP contribution < -0.4 is 10.5 Å². The number of nitrogens with zero attached hydrogens (tertiary/aromatic N) is 6. The highest BCUT2D eigenvalue weighted by atomic mass is 35.5. The molecular formula is C25H26ClN7O4S. The predicted molar refractivity (Wildman–Crippen MR) is 142 cm³/mol. The minimum atomic E-state index is -4.05. The fourth-order valence-electron chi connectivity index (χ4n) is 5.12. The van der Waals surface area contributed by atoms with E-state index in [4.69, 9.17) is 11.6 Å². The average Bonchev–Trinajstić information content (AvgIpc) is 3.60. The van der Waals surface area contributed by atoms with Crippen LogP contribution in [0, 0.1) is 0 Å². The molecule has 2 aromatic carbocycles. The lowest BCUT2D eigenvalue weighted by Gasteiger charge is -2.36. The van der Waals surface area contributed by atoms with Crippen molar-refractivity contribution in [2.45, 2.75) is 22.8 Å². The number of hydrogen-bond acceptors (Lipinski definition) is 8. The van der Waals surface area contributed by atoms with E-state index in [1.165, 1.54) is 28.8 Å². The molecule has 38 heavy (non-hydrogen) atoms. The Morgan fingerprint density at radius 1 is 0.974 bits per heavy atom. The summed E-state index contributed by atoms with van der Waals surface area (Å²) in [6, 6.07) is 11.1. The van der Waals surface area contributed by atoms with Gasteiger partial charge in [-0.1, -0.05) is 11.6 Å². The van der Waals surface area contributed by atoms with Gasteiger partial charge in [-0.25, -0.2) is 18.1 Å². The van der Waals surface area contributed by atoms with Gasteiger partial charge in [0, 0.05) is 50.0 Å². The van der Waals surface area contributed by atoms with Crippen LogP contribution in [0.5, 0.6) is 0 Å². The molecule has 0 radical (unpaired) electrons. The maximum Gasteiger partial charge on any atom is 0.281 e. The lowest BCUT2D eigenvalue weighted by molar-refractivity contribution is -0.131. The van der Waals surface area contributed by atoms with Crippen molar-refractivity contribution in [1.29, 1.82) is 0 Å². The number of rotatable bonds is 5. The van der Waals surface area contributed by atoms with Gasteiger partial charge in [-0.2, -0.15) is 4.98 Å². The quantitative estimate of drug-likeness (QED) is 0.395. The summed E-state index contributed by atoms with van der Waals surface area (Å²) in [5, 5.41) is 7.17. The van der Waals surface area contributed by atoms with E-state index < -0.39 is 15.4 Å². The highest BCUT2D eigenvalue weighted by molar-refractivity contribution is 7.91. The molecule has 0 bridgehead atoms. The van der Waals surface area contributed by atoms with Gasteiger partial charge in [0.15, 0.2) is 5.65 Å². The maximum absolute atomic E-state index is 13.3. The number of nitrogens with one attached hydrogen (secondary N) is 1. The van der Waals surface area contributed by atoms with Crippen molar-refractivity contribution < 1.29 is 13.2 Å². The third kappa shape index (κ3) is 4.42. The Labute approximate surface area is 223 Å². The second kappa shape index (κ2) is 9.68. The van der Waals surface area contributed by atoms with E-state index in [0.717, 1.165) is 57.8 Å². The number of piperazine rings is 1. The van der Waals surface area contributed by atoms with Crippen LogP contribution >= 0.6 is 11.6 Å². The van der Waals surface area contributed by atoms with Crippen LogP contribution in [-0.4, -0.2) is 89.7 Å². The van der Waals surface area contributed by atoms with Gasteiger partial charge in [0.25, 0.3) is 5.56 Å². The van der Waals surface area contributed by atoms with Crippen LogP contribution in [0.25, 0.3) is 16.6 Å². The van der Waals surface area contributed by atoms with Gasteiger partial charge in [-0.3, -0.25) is 14.5 Å². The molecule has 2 fully saturated rings. The molecule has 4 aromatic rings. The molecule has 2 aliphatic rings. The third-order valence-electron chi connectivity index (χ3n) is 7.25. The number of aromatic nitrogens is 4. The SMILES string of the molecule is O=C(CN1CCN(c2ccc3c(=O)nc4c(S(=O)(=O)c5ccc(Cl)cc5)n[nH]n4c3c2)CC1)N1CCCC1. The molecule has 0 saturated carbocycles. The number of hydrogen-bond donors (Lipinski definition) is 1. The van der Waals surface area contributed by atoms with Crippen molar-refractivity contribution in [1.82, 2.24) is 29.6 Å². The number of carbonyl (C=O) groups is 1. The molecule has 4 heterocycles. The van der Waals surface area contributed by atoms with Gasteiger partial charge in [0.05, 0.1) is 22.3 Å². The number of likely N-dealkylation sites (tertiary alicyclic amines) is 1. The number of benzene rings is 2. The molecule has 0 atom stereocenters. The van der Waals surface area contributed by atoms with Gasteiger partial charge in [0.1, 0.15) is 0 Å². The van der Waals surface area contributed by atoms with E-state index in [-0.39, 0.29) is 21.5 Å². The number of aromatic amines is 1. The minimum absolute atomic E-state index is 0.0000744. The molecular weight excluding hydrogens is 530 g/mol. The Morgan fingerprint density at radius 2 is 1.68 bits per heavy atom. The summed E-state index contributed by atoms with van der Waals surface area (Å²) in [7, 11) is -4.05. The second-order valence-corrected chi connectivity index (χ2v) is 11.9. The van der Waals surface area contributed by atoms with Crippen molar-refractivity contribution in [2.75, 3.05) is 50.7 Å². The highest BCUT2D eigenvalue weighted by Crippen LogP contribution is 2.26. The van der Waals surface area contributed by atoms with Crippen LogP contribution in [-0.2, 0) is 14.6 Å². The van der Waals surface area contributed by atoms with E-state index in [1.807, 2.05) is 17.0 Å². The molecule has 11 nitrogen and oxygen atoms in total. The van der Waals surface area contributed by atoms with Crippen molar-refractivity contribution in [3.8, 4) is 0 Å². The zero-order chi connectivity index (χ0) is 26.4. The molecule has 0 unspecified atom stereocenters. The number of amides is 1. The summed E-state index contributed by atoms with van der Waals surface area (Å²) in [6.45, 7) is 5.09. The number of H-pyrrole nitrogens is 1. The smallest absolute Gasteiger partial charge is 0.281 e. The molecule has 6 rings (SSSR count). The van der Waals surface area contributed by atoms with Crippen molar-refractivity contribution in [2.24, 2.45) is 0 Å². The van der Waals surface area contributed by atoms with Crippen LogP contribution in [0.1, 0.15) is 12.8 Å². The number of sulfone groups is 1. The number of fused-ring (bicyclic) bond motifs is 3. The van der Waals surface area contributed by atoms with Crippen LogP contribution in [0.2, 0.25) is 5.02 Å². The molecule has 2 aromatic heterocycles. The average molecular weight is 556 g/mol. The monoisotopic (exact) mass is 555 g/mol. The number of halogens is 1. The van der Waals surface area contributed by atoms with Crippen LogP contribution in [0.3, 0.4) is 0 Å². The molecule has 0 spiro atoms. The van der Waals surface area contributed by atoms with E-state index >= 15 is 0 Å². The van der Waals surface area contributed by atoms with Crippen molar-refractivity contribution in [3.63, 3.8) is 0 Å². The van der Waals surface area contributed by atoms with Crippen LogP contribution in [0.4, 0.5) is 5.69 Å². The van der Waals surface area contributed by atoms with Gasteiger partial charge < -0.3 is 9.80 Å². The molecule has 13 heteroatoms. The Morgan fingerprint density at radius 3 is 2.39 bits per heavy atom. The van der Waals surface area contributed by atoms with E-state index in [1.54, 1.807) is 6.07 Å².